The Kier molecular flexibility index (Phi) is 39.3. The number of alkyl halides is 1. The first kappa shape index (κ1) is 17.5. The molecule has 66 valence electrons. The first-order chi connectivity index (χ1) is 4.41. The second-order valence-corrected chi connectivity index (χ2v) is 2.06. The Bertz CT molecular complexity index is 26.4. The molecule has 0 radical (unpaired) electrons. The lowest BCUT2D eigenvalue weighted by Gasteiger charge is -1.90. The molecule has 0 saturated carbocycles. The topological polar surface area (TPSA) is 0 Å². The maximum absolute atomic E-state index is 2.25. The van der Waals surface area contributed by atoms with Crippen LogP contribution >= 0.6 is 46.6 Å². The van der Waals surface area contributed by atoms with E-state index in [4.69, 9.17) is 0 Å². The van der Waals surface area contributed by atoms with Crippen molar-refractivity contribution in [1.82, 2.24) is 0 Å². The molecule has 0 atom stereocenters. The van der Waals surface area contributed by atoms with E-state index in [9.17, 15) is 0 Å². The second-order valence-electron chi connectivity index (χ2n) is 2.06. The molecule has 0 bridgehead atoms. The van der Waals surface area contributed by atoms with Gasteiger partial charge < -0.3 is 0 Å². The Morgan fingerprint density at radius 2 is 1.10 bits per heavy atom. The maximum Gasteiger partial charge on any atom is -0.0121 e. The van der Waals surface area contributed by atoms with Crippen molar-refractivity contribution in [2.75, 3.05) is 4.93 Å². The van der Waals surface area contributed by atoms with Crippen LogP contribution in [0.15, 0.2) is 0 Å². The van der Waals surface area contributed by atoms with E-state index in [-0.39, 0.29) is 24.0 Å². The van der Waals surface area contributed by atoms with Crippen LogP contribution in [0.25, 0.3) is 0 Å². The minimum atomic E-state index is 0. The van der Waals surface area contributed by atoms with Gasteiger partial charge in [0.25, 0.3) is 0 Å². The van der Waals surface area contributed by atoms with Gasteiger partial charge in [0, 0.05) is 0 Å². The molecular formula is C8H20I2. The number of unbranched alkanes of at least 4 members (excludes halogenated alkanes) is 4. The standard InChI is InChI=1S/C7H16.CH3I.HI/c1-3-5-7-6-4-2;1-2;/h3-7H2,1-2H3;1H3;1H. The number of hydrogen-bond acceptors (Lipinski definition) is 0. The van der Waals surface area contributed by atoms with Crippen LogP contribution in [0.4, 0.5) is 0 Å². The summed E-state index contributed by atoms with van der Waals surface area (Å²) in [5.74, 6) is 0. The van der Waals surface area contributed by atoms with E-state index in [0.717, 1.165) is 0 Å². The van der Waals surface area contributed by atoms with Crippen LogP contribution < -0.4 is 0 Å². The lowest BCUT2D eigenvalue weighted by Crippen LogP contribution is -1.70. The normalized spacial score (nSPS) is 7.20. The molecule has 0 unspecified atom stereocenters. The second kappa shape index (κ2) is 22.4. The Morgan fingerprint density at radius 1 is 0.800 bits per heavy atom. The van der Waals surface area contributed by atoms with Crippen LogP contribution in [0.5, 0.6) is 0 Å². The van der Waals surface area contributed by atoms with Crippen LogP contribution in [0, 0.1) is 0 Å². The minimum absolute atomic E-state index is 0. The minimum Gasteiger partial charge on any atom is -0.107 e. The van der Waals surface area contributed by atoms with E-state index in [2.05, 4.69) is 36.4 Å². The summed E-state index contributed by atoms with van der Waals surface area (Å²) in [5.41, 5.74) is 0. The van der Waals surface area contributed by atoms with Crippen LogP contribution in [-0.4, -0.2) is 4.93 Å². The van der Waals surface area contributed by atoms with Gasteiger partial charge in [-0.3, -0.25) is 0 Å². The number of hydrogen-bond donors (Lipinski definition) is 0. The van der Waals surface area contributed by atoms with Gasteiger partial charge in [0.1, 0.15) is 0 Å². The summed E-state index contributed by atoms with van der Waals surface area (Å²) in [6, 6.07) is 0. The lowest BCUT2D eigenvalue weighted by molar-refractivity contribution is 0.656. The van der Waals surface area contributed by atoms with Gasteiger partial charge in [-0.25, -0.2) is 0 Å². The fraction of sp³-hybridized carbons (Fsp3) is 1.00. The van der Waals surface area contributed by atoms with Crippen molar-refractivity contribution < 1.29 is 0 Å². The van der Waals surface area contributed by atoms with E-state index >= 15 is 0 Å². The predicted molar refractivity (Wildman–Crippen MR) is 69.8 cm³/mol. The van der Waals surface area contributed by atoms with Gasteiger partial charge >= 0.3 is 0 Å². The Hall–Kier alpha value is 1.46. The summed E-state index contributed by atoms with van der Waals surface area (Å²) in [5, 5.41) is 0. The average Bonchev–Trinajstić information content (AvgIpc) is 1.94. The van der Waals surface area contributed by atoms with Crippen molar-refractivity contribution >= 4 is 46.6 Å². The third-order valence-electron chi connectivity index (χ3n) is 1.21. The van der Waals surface area contributed by atoms with Gasteiger partial charge in [0.05, 0.1) is 0 Å². The van der Waals surface area contributed by atoms with Crippen molar-refractivity contribution in [3.05, 3.63) is 0 Å². The first-order valence-corrected chi connectivity index (χ1v) is 5.95. The van der Waals surface area contributed by atoms with Crippen LogP contribution in [0.2, 0.25) is 0 Å². The van der Waals surface area contributed by atoms with Crippen LogP contribution in [0.1, 0.15) is 46.0 Å². The van der Waals surface area contributed by atoms with Gasteiger partial charge in [0.2, 0.25) is 0 Å². The van der Waals surface area contributed by atoms with Crippen molar-refractivity contribution in [3.63, 3.8) is 0 Å². The van der Waals surface area contributed by atoms with Gasteiger partial charge in [-0.15, -0.1) is 24.0 Å². The molecule has 0 aliphatic heterocycles. The fourth-order valence-electron chi connectivity index (χ4n) is 0.677. The summed E-state index contributed by atoms with van der Waals surface area (Å²) >= 11 is 2.15. The van der Waals surface area contributed by atoms with Crippen molar-refractivity contribution in [1.29, 1.82) is 0 Å². The molecule has 0 nitrogen and oxygen atoms in total. The van der Waals surface area contributed by atoms with Crippen molar-refractivity contribution in [3.8, 4) is 0 Å². The van der Waals surface area contributed by atoms with E-state index in [0.29, 0.717) is 0 Å². The molecule has 0 rings (SSSR count). The van der Waals surface area contributed by atoms with Gasteiger partial charge in [-0.1, -0.05) is 68.5 Å². The van der Waals surface area contributed by atoms with Gasteiger partial charge in [0.15, 0.2) is 0 Å². The largest absolute Gasteiger partial charge is 0.107 e. The molecule has 0 heterocycles. The highest BCUT2D eigenvalue weighted by molar-refractivity contribution is 14.1. The van der Waals surface area contributed by atoms with Crippen LogP contribution in [0.3, 0.4) is 0 Å². The van der Waals surface area contributed by atoms with E-state index in [1.807, 2.05) is 4.93 Å². The average molecular weight is 370 g/mol. The molecule has 0 aromatic heterocycles. The molecule has 0 amide bonds. The summed E-state index contributed by atoms with van der Waals surface area (Å²) < 4.78 is 0. The SMILES string of the molecule is CCCCCCC.CI.I. The molecule has 0 fully saturated rings. The molecule has 0 aromatic rings. The highest BCUT2D eigenvalue weighted by Gasteiger charge is 1.80. The predicted octanol–water partition coefficient (Wildman–Crippen LogP) is 4.65. The highest BCUT2D eigenvalue weighted by Crippen LogP contribution is 2.00. The Morgan fingerprint density at radius 3 is 1.30 bits per heavy atom. The van der Waals surface area contributed by atoms with E-state index < -0.39 is 0 Å². The van der Waals surface area contributed by atoms with Crippen LogP contribution in [-0.2, 0) is 0 Å². The molecular weight excluding hydrogens is 350 g/mol. The number of rotatable bonds is 4. The third kappa shape index (κ3) is 22.7. The molecule has 0 aromatic carbocycles. The molecule has 10 heavy (non-hydrogen) atoms. The third-order valence-corrected chi connectivity index (χ3v) is 1.21. The highest BCUT2D eigenvalue weighted by atomic mass is 127. The van der Waals surface area contributed by atoms with Gasteiger partial charge in [-0.2, -0.15) is 0 Å². The summed E-state index contributed by atoms with van der Waals surface area (Å²) in [6.07, 6.45) is 7.01. The summed E-state index contributed by atoms with van der Waals surface area (Å²) in [4.78, 5) is 1.97. The monoisotopic (exact) mass is 370 g/mol. The zero-order valence-corrected chi connectivity index (χ0v) is 11.8. The van der Waals surface area contributed by atoms with Gasteiger partial charge in [-0.05, 0) is 4.93 Å². The first-order valence-electron chi connectivity index (χ1n) is 3.79. The maximum atomic E-state index is 2.25. The van der Waals surface area contributed by atoms with E-state index in [1.165, 1.54) is 32.1 Å². The van der Waals surface area contributed by atoms with E-state index in [1.54, 1.807) is 0 Å². The Labute approximate surface area is 96.7 Å². The van der Waals surface area contributed by atoms with Crippen molar-refractivity contribution in [2.45, 2.75) is 46.0 Å². The lowest BCUT2D eigenvalue weighted by atomic mass is 10.2. The molecule has 0 saturated heterocycles. The molecule has 0 aliphatic carbocycles. The zero-order valence-electron chi connectivity index (χ0n) is 7.32. The zero-order chi connectivity index (χ0) is 7.54. The smallest absolute Gasteiger partial charge is 0.0121 e. The molecule has 0 N–H and O–H groups in total. The Balaban J connectivity index is -0.000000149. The molecule has 2 heteroatoms. The quantitative estimate of drug-likeness (QED) is 0.384. The number of halogens is 2. The summed E-state index contributed by atoms with van der Waals surface area (Å²) in [7, 11) is 0. The summed E-state index contributed by atoms with van der Waals surface area (Å²) in [6.45, 7) is 4.49. The molecule has 0 aliphatic rings. The molecule has 0 spiro atoms. The van der Waals surface area contributed by atoms with Crippen molar-refractivity contribution in [2.24, 2.45) is 0 Å². The fourth-order valence-corrected chi connectivity index (χ4v) is 0.677.